The fourth-order valence-electron chi connectivity index (χ4n) is 1.20. The van der Waals surface area contributed by atoms with Crippen LogP contribution in [0.3, 0.4) is 0 Å². The van der Waals surface area contributed by atoms with Crippen LogP contribution in [0.5, 0.6) is 0 Å². The number of carbonyl (C=O) groups excluding carboxylic acids is 1. The van der Waals surface area contributed by atoms with Gasteiger partial charge in [-0.1, -0.05) is 12.8 Å². The number of nitrogens with one attached hydrogen (secondary N) is 1. The Hall–Kier alpha value is -0.610. The number of rotatable bonds is 3. The molecule has 0 aromatic carbocycles. The quantitative estimate of drug-likeness (QED) is 0.565. The summed E-state index contributed by atoms with van der Waals surface area (Å²) in [6.45, 7) is -0.00722. The van der Waals surface area contributed by atoms with E-state index in [4.69, 9.17) is 10.6 Å². The fraction of sp³-hybridized carbons (Fsp3) is 0.857. The van der Waals surface area contributed by atoms with Crippen LogP contribution in [-0.2, 0) is 9.63 Å². The standard InChI is InChI=1S/C7H14N2O2/c8-5-7(10)9-11-6-3-1-2-4-6/h6H,1-5,8H2,(H,9,10). The summed E-state index contributed by atoms with van der Waals surface area (Å²) in [5.74, 6) is -0.253. The van der Waals surface area contributed by atoms with Gasteiger partial charge in [-0.3, -0.25) is 9.63 Å². The molecule has 11 heavy (non-hydrogen) atoms. The van der Waals surface area contributed by atoms with Gasteiger partial charge in [-0.2, -0.15) is 0 Å². The molecule has 1 rings (SSSR count). The van der Waals surface area contributed by atoms with Gasteiger partial charge in [0.1, 0.15) is 0 Å². The van der Waals surface area contributed by atoms with E-state index in [9.17, 15) is 4.79 Å². The summed E-state index contributed by atoms with van der Waals surface area (Å²) in [5.41, 5.74) is 7.38. The molecule has 0 bridgehead atoms. The third kappa shape index (κ3) is 2.86. The molecular formula is C7H14N2O2. The van der Waals surface area contributed by atoms with Gasteiger partial charge >= 0.3 is 0 Å². The zero-order valence-corrected chi connectivity index (χ0v) is 6.51. The zero-order valence-electron chi connectivity index (χ0n) is 6.51. The maximum Gasteiger partial charge on any atom is 0.257 e. The van der Waals surface area contributed by atoms with E-state index in [-0.39, 0.29) is 18.6 Å². The van der Waals surface area contributed by atoms with Crippen LogP contribution in [0.1, 0.15) is 25.7 Å². The Kier molecular flexibility index (Phi) is 3.32. The predicted molar refractivity (Wildman–Crippen MR) is 40.5 cm³/mol. The van der Waals surface area contributed by atoms with Crippen molar-refractivity contribution in [2.75, 3.05) is 6.54 Å². The maximum atomic E-state index is 10.6. The molecule has 4 heteroatoms. The second kappa shape index (κ2) is 4.31. The molecular weight excluding hydrogens is 144 g/mol. The SMILES string of the molecule is NCC(=O)NOC1CCCC1. The van der Waals surface area contributed by atoms with E-state index in [0.29, 0.717) is 0 Å². The van der Waals surface area contributed by atoms with Gasteiger partial charge in [0.15, 0.2) is 0 Å². The molecule has 64 valence electrons. The van der Waals surface area contributed by atoms with Gasteiger partial charge in [-0.15, -0.1) is 0 Å². The summed E-state index contributed by atoms with van der Waals surface area (Å²) in [4.78, 5) is 15.7. The summed E-state index contributed by atoms with van der Waals surface area (Å²) in [7, 11) is 0. The lowest BCUT2D eigenvalue weighted by atomic mass is 10.3. The Morgan fingerprint density at radius 1 is 1.55 bits per heavy atom. The fourth-order valence-corrected chi connectivity index (χ4v) is 1.20. The third-order valence-electron chi connectivity index (χ3n) is 1.83. The molecule has 1 saturated carbocycles. The van der Waals surface area contributed by atoms with Crippen LogP contribution in [0.25, 0.3) is 0 Å². The van der Waals surface area contributed by atoms with Crippen molar-refractivity contribution in [1.82, 2.24) is 5.48 Å². The lowest BCUT2D eigenvalue weighted by Crippen LogP contribution is -2.33. The third-order valence-corrected chi connectivity index (χ3v) is 1.83. The lowest BCUT2D eigenvalue weighted by molar-refractivity contribution is -0.136. The van der Waals surface area contributed by atoms with E-state index in [2.05, 4.69) is 5.48 Å². The van der Waals surface area contributed by atoms with Gasteiger partial charge in [-0.25, -0.2) is 5.48 Å². The van der Waals surface area contributed by atoms with Crippen LogP contribution in [0.2, 0.25) is 0 Å². The van der Waals surface area contributed by atoms with Gasteiger partial charge in [0.2, 0.25) is 0 Å². The minimum absolute atomic E-state index is 0.00722. The van der Waals surface area contributed by atoms with Crippen LogP contribution in [0.15, 0.2) is 0 Å². The monoisotopic (exact) mass is 158 g/mol. The molecule has 0 heterocycles. The van der Waals surface area contributed by atoms with Gasteiger partial charge in [0.05, 0.1) is 12.6 Å². The summed E-state index contributed by atoms with van der Waals surface area (Å²) in [6.07, 6.45) is 4.70. The van der Waals surface area contributed by atoms with Crippen LogP contribution >= 0.6 is 0 Å². The molecule has 0 spiro atoms. The summed E-state index contributed by atoms with van der Waals surface area (Å²) >= 11 is 0. The van der Waals surface area contributed by atoms with E-state index in [0.717, 1.165) is 12.8 Å². The van der Waals surface area contributed by atoms with Crippen molar-refractivity contribution in [2.45, 2.75) is 31.8 Å². The smallest absolute Gasteiger partial charge is 0.257 e. The Morgan fingerprint density at radius 2 is 2.18 bits per heavy atom. The molecule has 0 radical (unpaired) electrons. The second-order valence-corrected chi connectivity index (χ2v) is 2.75. The molecule has 0 atom stereocenters. The first-order chi connectivity index (χ1) is 5.33. The minimum Gasteiger partial charge on any atom is -0.322 e. The van der Waals surface area contributed by atoms with Crippen LogP contribution in [-0.4, -0.2) is 18.6 Å². The van der Waals surface area contributed by atoms with Gasteiger partial charge in [0, 0.05) is 0 Å². The average molecular weight is 158 g/mol. The number of nitrogens with two attached hydrogens (primary N) is 1. The highest BCUT2D eigenvalue weighted by Gasteiger charge is 2.16. The zero-order chi connectivity index (χ0) is 8.10. The van der Waals surface area contributed by atoms with Crippen molar-refractivity contribution in [2.24, 2.45) is 5.73 Å². The molecule has 1 amide bonds. The molecule has 0 aromatic rings. The highest BCUT2D eigenvalue weighted by atomic mass is 16.7. The van der Waals surface area contributed by atoms with E-state index < -0.39 is 0 Å². The van der Waals surface area contributed by atoms with Crippen molar-refractivity contribution < 1.29 is 9.63 Å². The Labute approximate surface area is 66.0 Å². The van der Waals surface area contributed by atoms with Crippen molar-refractivity contribution in [3.63, 3.8) is 0 Å². The normalized spacial score (nSPS) is 18.6. The predicted octanol–water partition coefficient (Wildman–Crippen LogP) is -0.0645. The molecule has 3 N–H and O–H groups in total. The van der Waals surface area contributed by atoms with Crippen LogP contribution < -0.4 is 11.2 Å². The van der Waals surface area contributed by atoms with E-state index in [1.54, 1.807) is 0 Å². The average Bonchev–Trinajstić information content (AvgIpc) is 2.52. The first-order valence-corrected chi connectivity index (χ1v) is 3.97. The van der Waals surface area contributed by atoms with Crippen molar-refractivity contribution in [3.8, 4) is 0 Å². The van der Waals surface area contributed by atoms with Gasteiger partial charge in [0.25, 0.3) is 5.91 Å². The molecule has 1 aliphatic carbocycles. The second-order valence-electron chi connectivity index (χ2n) is 2.75. The molecule has 0 saturated heterocycles. The van der Waals surface area contributed by atoms with Gasteiger partial charge < -0.3 is 5.73 Å². The van der Waals surface area contributed by atoms with E-state index in [1.807, 2.05) is 0 Å². The lowest BCUT2D eigenvalue weighted by Gasteiger charge is -2.09. The van der Waals surface area contributed by atoms with Crippen molar-refractivity contribution >= 4 is 5.91 Å². The summed E-state index contributed by atoms with van der Waals surface area (Å²) in [5, 5.41) is 0. The molecule has 1 fully saturated rings. The van der Waals surface area contributed by atoms with Crippen LogP contribution in [0.4, 0.5) is 0 Å². The van der Waals surface area contributed by atoms with E-state index in [1.165, 1.54) is 12.8 Å². The molecule has 4 nitrogen and oxygen atoms in total. The summed E-state index contributed by atoms with van der Waals surface area (Å²) < 4.78 is 0. The Morgan fingerprint density at radius 3 is 2.73 bits per heavy atom. The number of amides is 1. The largest absolute Gasteiger partial charge is 0.322 e. The molecule has 0 aliphatic heterocycles. The maximum absolute atomic E-state index is 10.6. The van der Waals surface area contributed by atoms with Gasteiger partial charge in [-0.05, 0) is 12.8 Å². The molecule has 0 unspecified atom stereocenters. The highest BCUT2D eigenvalue weighted by molar-refractivity contribution is 5.76. The van der Waals surface area contributed by atoms with Crippen molar-refractivity contribution in [1.29, 1.82) is 0 Å². The van der Waals surface area contributed by atoms with Crippen molar-refractivity contribution in [3.05, 3.63) is 0 Å². The highest BCUT2D eigenvalue weighted by Crippen LogP contribution is 2.19. The number of hydrogen-bond donors (Lipinski definition) is 2. The topological polar surface area (TPSA) is 64.4 Å². The summed E-state index contributed by atoms with van der Waals surface area (Å²) in [6, 6.07) is 0. The minimum atomic E-state index is -0.253. The molecule has 0 aromatic heterocycles. The number of hydroxylamine groups is 1. The molecule has 1 aliphatic rings. The van der Waals surface area contributed by atoms with Crippen LogP contribution in [0, 0.1) is 0 Å². The first kappa shape index (κ1) is 8.49. The van der Waals surface area contributed by atoms with E-state index >= 15 is 0 Å². The first-order valence-electron chi connectivity index (χ1n) is 3.97. The number of hydrogen-bond acceptors (Lipinski definition) is 3. The number of carbonyl (C=O) groups is 1. The Balaban J connectivity index is 2.06. The Bertz CT molecular complexity index is 132.